The zero-order valence-electron chi connectivity index (χ0n) is 9.50. The number of hydrogen-bond donors (Lipinski definition) is 1. The summed E-state index contributed by atoms with van der Waals surface area (Å²) in [5, 5.41) is 0. The van der Waals surface area contributed by atoms with Gasteiger partial charge in [-0.25, -0.2) is 0 Å². The summed E-state index contributed by atoms with van der Waals surface area (Å²) in [6.07, 6.45) is 7.55. The van der Waals surface area contributed by atoms with Crippen molar-refractivity contribution in [2.75, 3.05) is 0 Å². The van der Waals surface area contributed by atoms with E-state index in [4.69, 9.17) is 10.5 Å². The first-order valence-electron chi connectivity index (χ1n) is 6.09. The fourth-order valence-corrected chi connectivity index (χ4v) is 2.39. The first kappa shape index (κ1) is 10.9. The summed E-state index contributed by atoms with van der Waals surface area (Å²) < 4.78 is 5.48. The second-order valence-corrected chi connectivity index (χ2v) is 5.23. The van der Waals surface area contributed by atoms with Crippen LogP contribution < -0.4 is 5.73 Å². The highest BCUT2D eigenvalue weighted by Crippen LogP contribution is 2.37. The number of hydrogen-bond acceptors (Lipinski definition) is 3. The standard InChI is InChI=1S/C12H21NO2/c1-12(8-3-2-7-10(12)13)11(14)15-9-5-4-6-9/h9-10H,2-8,13H2,1H3. The Hall–Kier alpha value is -0.570. The first-order chi connectivity index (χ1) is 7.13. The van der Waals surface area contributed by atoms with Crippen LogP contribution in [0.3, 0.4) is 0 Å². The largest absolute Gasteiger partial charge is 0.462 e. The second kappa shape index (κ2) is 4.12. The van der Waals surface area contributed by atoms with Crippen LogP contribution in [0, 0.1) is 5.41 Å². The molecule has 0 aliphatic heterocycles. The van der Waals surface area contributed by atoms with Crippen LogP contribution in [0.4, 0.5) is 0 Å². The maximum Gasteiger partial charge on any atom is 0.313 e. The molecule has 2 fully saturated rings. The molecule has 3 nitrogen and oxygen atoms in total. The Morgan fingerprint density at radius 2 is 2.00 bits per heavy atom. The Kier molecular flexibility index (Phi) is 3.01. The SMILES string of the molecule is CC1(C(=O)OC2CCC2)CCCCC1N. The molecule has 0 heterocycles. The molecule has 0 amide bonds. The van der Waals surface area contributed by atoms with Gasteiger partial charge in [-0.1, -0.05) is 12.8 Å². The van der Waals surface area contributed by atoms with Crippen LogP contribution in [0.2, 0.25) is 0 Å². The van der Waals surface area contributed by atoms with Gasteiger partial charge in [0.15, 0.2) is 0 Å². The van der Waals surface area contributed by atoms with Crippen molar-refractivity contribution in [2.24, 2.45) is 11.1 Å². The molecule has 0 radical (unpaired) electrons. The van der Waals surface area contributed by atoms with Crippen LogP contribution in [0.1, 0.15) is 51.9 Å². The fourth-order valence-electron chi connectivity index (χ4n) is 2.39. The monoisotopic (exact) mass is 211 g/mol. The Morgan fingerprint density at radius 1 is 1.27 bits per heavy atom. The topological polar surface area (TPSA) is 52.3 Å². The van der Waals surface area contributed by atoms with Gasteiger partial charge in [-0.2, -0.15) is 0 Å². The van der Waals surface area contributed by atoms with Gasteiger partial charge in [0, 0.05) is 6.04 Å². The van der Waals surface area contributed by atoms with Crippen molar-refractivity contribution >= 4 is 5.97 Å². The van der Waals surface area contributed by atoms with E-state index in [-0.39, 0.29) is 18.1 Å². The third-order valence-electron chi connectivity index (χ3n) is 4.07. The molecule has 86 valence electrons. The lowest BCUT2D eigenvalue weighted by molar-refractivity contribution is -0.167. The Labute approximate surface area is 91.4 Å². The van der Waals surface area contributed by atoms with Crippen LogP contribution in [0.5, 0.6) is 0 Å². The van der Waals surface area contributed by atoms with E-state index in [1.54, 1.807) is 0 Å². The molecule has 0 aromatic heterocycles. The maximum atomic E-state index is 12.0. The molecular weight excluding hydrogens is 190 g/mol. The minimum Gasteiger partial charge on any atom is -0.462 e. The van der Waals surface area contributed by atoms with E-state index in [1.165, 1.54) is 6.42 Å². The van der Waals surface area contributed by atoms with E-state index in [0.717, 1.165) is 38.5 Å². The highest BCUT2D eigenvalue weighted by molar-refractivity contribution is 5.77. The molecule has 2 rings (SSSR count). The zero-order chi connectivity index (χ0) is 10.9. The summed E-state index contributed by atoms with van der Waals surface area (Å²) in [5.41, 5.74) is 5.63. The van der Waals surface area contributed by atoms with Crippen LogP contribution in [-0.2, 0) is 9.53 Å². The molecule has 2 unspecified atom stereocenters. The summed E-state index contributed by atoms with van der Waals surface area (Å²) in [6.45, 7) is 1.97. The summed E-state index contributed by atoms with van der Waals surface area (Å²) >= 11 is 0. The maximum absolute atomic E-state index is 12.0. The van der Waals surface area contributed by atoms with Crippen LogP contribution >= 0.6 is 0 Å². The van der Waals surface area contributed by atoms with Crippen molar-refractivity contribution in [3.8, 4) is 0 Å². The van der Waals surface area contributed by atoms with Gasteiger partial charge in [0.2, 0.25) is 0 Å². The van der Waals surface area contributed by atoms with Crippen molar-refractivity contribution in [1.29, 1.82) is 0 Å². The van der Waals surface area contributed by atoms with E-state index in [1.807, 2.05) is 6.92 Å². The number of carbonyl (C=O) groups excluding carboxylic acids is 1. The normalized spacial score (nSPS) is 37.1. The van der Waals surface area contributed by atoms with Crippen LogP contribution in [0.15, 0.2) is 0 Å². The molecule has 15 heavy (non-hydrogen) atoms. The summed E-state index contributed by atoms with van der Waals surface area (Å²) in [5.74, 6) is -0.0561. The van der Waals surface area contributed by atoms with Crippen molar-refractivity contribution in [1.82, 2.24) is 0 Å². The zero-order valence-corrected chi connectivity index (χ0v) is 9.50. The van der Waals surface area contributed by atoms with E-state index >= 15 is 0 Å². The number of carbonyl (C=O) groups is 1. The van der Waals surface area contributed by atoms with Gasteiger partial charge >= 0.3 is 5.97 Å². The van der Waals surface area contributed by atoms with Crippen molar-refractivity contribution in [3.63, 3.8) is 0 Å². The Bertz CT molecular complexity index is 250. The van der Waals surface area contributed by atoms with E-state index < -0.39 is 5.41 Å². The highest BCUT2D eigenvalue weighted by atomic mass is 16.5. The lowest BCUT2D eigenvalue weighted by Gasteiger charge is -2.39. The Morgan fingerprint density at radius 3 is 2.53 bits per heavy atom. The molecule has 2 N–H and O–H groups in total. The summed E-state index contributed by atoms with van der Waals surface area (Å²) in [7, 11) is 0. The third-order valence-corrected chi connectivity index (χ3v) is 4.07. The summed E-state index contributed by atoms with van der Waals surface area (Å²) in [6, 6.07) is -0.0150. The molecule has 0 saturated heterocycles. The van der Waals surface area contributed by atoms with Crippen LogP contribution in [-0.4, -0.2) is 18.1 Å². The molecule has 2 aliphatic rings. The number of esters is 1. The molecule has 0 aromatic carbocycles. The highest BCUT2D eigenvalue weighted by Gasteiger charge is 2.43. The summed E-state index contributed by atoms with van der Waals surface area (Å²) in [4.78, 5) is 12.0. The second-order valence-electron chi connectivity index (χ2n) is 5.23. The van der Waals surface area contributed by atoms with Crippen molar-refractivity contribution in [3.05, 3.63) is 0 Å². The predicted octanol–water partition coefficient (Wildman–Crippen LogP) is 1.99. The number of nitrogens with two attached hydrogens (primary N) is 1. The van der Waals surface area contributed by atoms with E-state index in [0.29, 0.717) is 0 Å². The average molecular weight is 211 g/mol. The Balaban J connectivity index is 1.95. The van der Waals surface area contributed by atoms with Gasteiger partial charge in [0.1, 0.15) is 6.10 Å². The average Bonchev–Trinajstić information content (AvgIpc) is 2.16. The number of ether oxygens (including phenoxy) is 1. The lowest BCUT2D eigenvalue weighted by atomic mass is 9.72. The molecule has 0 aromatic rings. The van der Waals surface area contributed by atoms with Gasteiger partial charge in [-0.3, -0.25) is 4.79 Å². The van der Waals surface area contributed by atoms with Gasteiger partial charge in [-0.15, -0.1) is 0 Å². The van der Waals surface area contributed by atoms with Gasteiger partial charge in [0.25, 0.3) is 0 Å². The molecule has 3 heteroatoms. The predicted molar refractivity (Wildman–Crippen MR) is 58.3 cm³/mol. The molecule has 0 spiro atoms. The van der Waals surface area contributed by atoms with Gasteiger partial charge in [0.05, 0.1) is 5.41 Å². The quantitative estimate of drug-likeness (QED) is 0.711. The van der Waals surface area contributed by atoms with Crippen molar-refractivity contribution in [2.45, 2.75) is 64.0 Å². The van der Waals surface area contributed by atoms with E-state index in [9.17, 15) is 4.79 Å². The minimum atomic E-state index is -0.423. The smallest absolute Gasteiger partial charge is 0.313 e. The minimum absolute atomic E-state index is 0.0150. The van der Waals surface area contributed by atoms with Gasteiger partial charge in [-0.05, 0) is 39.0 Å². The molecule has 2 saturated carbocycles. The van der Waals surface area contributed by atoms with E-state index in [2.05, 4.69) is 0 Å². The van der Waals surface area contributed by atoms with Gasteiger partial charge < -0.3 is 10.5 Å². The lowest BCUT2D eigenvalue weighted by Crippen LogP contribution is -2.49. The number of rotatable bonds is 2. The molecule has 0 bridgehead atoms. The molecule has 2 aliphatic carbocycles. The fraction of sp³-hybridized carbons (Fsp3) is 0.917. The van der Waals surface area contributed by atoms with Crippen molar-refractivity contribution < 1.29 is 9.53 Å². The molecule has 2 atom stereocenters. The third kappa shape index (κ3) is 2.03. The molecular formula is C12H21NO2. The first-order valence-corrected chi connectivity index (χ1v) is 6.09. The van der Waals surface area contributed by atoms with Crippen LogP contribution in [0.25, 0.3) is 0 Å².